The van der Waals surface area contributed by atoms with Crippen LogP contribution in [-0.2, 0) is 16.1 Å². The molecule has 2 saturated heterocycles. The zero-order chi connectivity index (χ0) is 15.4. The van der Waals surface area contributed by atoms with Gasteiger partial charge in [0.1, 0.15) is 6.61 Å². The van der Waals surface area contributed by atoms with Crippen LogP contribution in [0.4, 0.5) is 0 Å². The van der Waals surface area contributed by atoms with Crippen molar-refractivity contribution >= 4 is 5.91 Å². The van der Waals surface area contributed by atoms with E-state index in [1.807, 2.05) is 12.3 Å². The third-order valence-electron chi connectivity index (χ3n) is 4.41. The van der Waals surface area contributed by atoms with Crippen molar-refractivity contribution in [3.05, 3.63) is 29.6 Å². The third kappa shape index (κ3) is 3.45. The van der Waals surface area contributed by atoms with E-state index in [-0.39, 0.29) is 11.9 Å². The molecule has 120 valence electrons. The molecule has 0 unspecified atom stereocenters. The first-order chi connectivity index (χ1) is 10.8. The molecular formula is C16H23N3O3. The smallest absolute Gasteiger partial charge is 0.248 e. The molecule has 1 N–H and O–H groups in total. The summed E-state index contributed by atoms with van der Waals surface area (Å²) >= 11 is 0. The highest BCUT2D eigenvalue weighted by molar-refractivity contribution is 5.77. The van der Waals surface area contributed by atoms with Crippen LogP contribution in [0.3, 0.4) is 0 Å². The monoisotopic (exact) mass is 305 g/mol. The van der Waals surface area contributed by atoms with Gasteiger partial charge in [0.2, 0.25) is 5.91 Å². The van der Waals surface area contributed by atoms with Crippen molar-refractivity contribution in [3.63, 3.8) is 0 Å². The van der Waals surface area contributed by atoms with Gasteiger partial charge in [-0.3, -0.25) is 14.7 Å². The summed E-state index contributed by atoms with van der Waals surface area (Å²) in [5, 5.41) is 9.06. The highest BCUT2D eigenvalue weighted by Gasteiger charge is 2.30. The number of aliphatic hydroxyl groups excluding tert-OH is 1. The van der Waals surface area contributed by atoms with Crippen LogP contribution >= 0.6 is 0 Å². The fraction of sp³-hybridized carbons (Fsp3) is 0.625. The molecule has 2 fully saturated rings. The number of aliphatic hydroxyl groups is 1. The molecule has 6 heteroatoms. The van der Waals surface area contributed by atoms with Gasteiger partial charge in [-0.1, -0.05) is 6.07 Å². The average Bonchev–Trinajstić information content (AvgIpc) is 3.05. The second kappa shape index (κ2) is 7.17. The van der Waals surface area contributed by atoms with Crippen LogP contribution in [0.2, 0.25) is 0 Å². The fourth-order valence-corrected chi connectivity index (χ4v) is 3.21. The Bertz CT molecular complexity index is 500. The van der Waals surface area contributed by atoms with E-state index in [1.54, 1.807) is 4.90 Å². The normalized spacial score (nSPS) is 23.0. The average molecular weight is 305 g/mol. The lowest BCUT2D eigenvalue weighted by Gasteiger charge is -2.27. The summed E-state index contributed by atoms with van der Waals surface area (Å²) in [4.78, 5) is 20.4. The molecule has 0 radical (unpaired) electrons. The maximum atomic E-state index is 11.8. The Labute approximate surface area is 130 Å². The van der Waals surface area contributed by atoms with Crippen LogP contribution in [0.5, 0.6) is 0 Å². The fourth-order valence-electron chi connectivity index (χ4n) is 3.21. The largest absolute Gasteiger partial charge is 0.387 e. The lowest BCUT2D eigenvalue weighted by molar-refractivity contribution is -0.135. The van der Waals surface area contributed by atoms with E-state index in [0.717, 1.165) is 51.4 Å². The lowest BCUT2D eigenvalue weighted by Crippen LogP contribution is -2.35. The number of likely N-dealkylation sites (tertiary alicyclic amines) is 1. The zero-order valence-corrected chi connectivity index (χ0v) is 12.8. The van der Waals surface area contributed by atoms with E-state index >= 15 is 0 Å². The van der Waals surface area contributed by atoms with E-state index in [1.165, 1.54) is 5.56 Å². The molecule has 1 amide bonds. The van der Waals surface area contributed by atoms with Crippen LogP contribution in [0.15, 0.2) is 18.3 Å². The first kappa shape index (κ1) is 15.4. The Hall–Kier alpha value is -1.50. The van der Waals surface area contributed by atoms with Crippen molar-refractivity contribution in [2.45, 2.75) is 25.4 Å². The zero-order valence-electron chi connectivity index (χ0n) is 12.8. The summed E-state index contributed by atoms with van der Waals surface area (Å²) in [6.45, 7) is 4.69. The number of hydrogen-bond acceptors (Lipinski definition) is 5. The second-order valence-electron chi connectivity index (χ2n) is 5.88. The van der Waals surface area contributed by atoms with Gasteiger partial charge < -0.3 is 14.7 Å². The first-order valence-corrected chi connectivity index (χ1v) is 7.93. The lowest BCUT2D eigenvalue weighted by atomic mass is 10.1. The number of nitrogens with zero attached hydrogens (tertiary/aromatic N) is 3. The molecule has 0 aromatic carbocycles. The molecule has 1 aromatic rings. The molecule has 0 spiro atoms. The number of aromatic nitrogens is 1. The second-order valence-corrected chi connectivity index (χ2v) is 5.88. The highest BCUT2D eigenvalue weighted by Crippen LogP contribution is 2.30. The first-order valence-electron chi connectivity index (χ1n) is 7.93. The Morgan fingerprint density at radius 2 is 2.14 bits per heavy atom. The summed E-state index contributed by atoms with van der Waals surface area (Å²) in [5.41, 5.74) is 2.11. The molecule has 0 bridgehead atoms. The van der Waals surface area contributed by atoms with Crippen LogP contribution in [0, 0.1) is 0 Å². The van der Waals surface area contributed by atoms with Gasteiger partial charge in [-0.25, -0.2) is 0 Å². The minimum atomic E-state index is -0.425. The van der Waals surface area contributed by atoms with E-state index in [4.69, 9.17) is 9.84 Å². The minimum Gasteiger partial charge on any atom is -0.387 e. The van der Waals surface area contributed by atoms with E-state index < -0.39 is 6.61 Å². The number of morpholine rings is 1. The number of ether oxygens (including phenoxy) is 1. The van der Waals surface area contributed by atoms with Gasteiger partial charge in [-0.15, -0.1) is 0 Å². The van der Waals surface area contributed by atoms with Crippen LogP contribution in [-0.4, -0.2) is 65.3 Å². The quantitative estimate of drug-likeness (QED) is 0.881. The van der Waals surface area contributed by atoms with Crippen LogP contribution in [0.1, 0.15) is 30.1 Å². The van der Waals surface area contributed by atoms with Crippen LogP contribution < -0.4 is 0 Å². The molecule has 6 nitrogen and oxygen atoms in total. The summed E-state index contributed by atoms with van der Waals surface area (Å²) in [5.74, 6) is -0.207. The van der Waals surface area contributed by atoms with E-state index in [2.05, 4.69) is 16.0 Å². The molecular weight excluding hydrogens is 282 g/mol. The topological polar surface area (TPSA) is 65.9 Å². The van der Waals surface area contributed by atoms with Crippen LogP contribution in [0.25, 0.3) is 0 Å². The summed E-state index contributed by atoms with van der Waals surface area (Å²) in [6.07, 6.45) is 3.79. The van der Waals surface area contributed by atoms with Crippen molar-refractivity contribution in [1.82, 2.24) is 14.8 Å². The number of carbonyl (C=O) groups excluding carboxylic acids is 1. The molecule has 2 aliphatic rings. The van der Waals surface area contributed by atoms with Gasteiger partial charge in [0.05, 0.1) is 24.9 Å². The maximum Gasteiger partial charge on any atom is 0.248 e. The van der Waals surface area contributed by atoms with E-state index in [0.29, 0.717) is 6.54 Å². The van der Waals surface area contributed by atoms with Crippen molar-refractivity contribution in [1.29, 1.82) is 0 Å². The molecule has 2 aliphatic heterocycles. The summed E-state index contributed by atoms with van der Waals surface area (Å²) in [6, 6.07) is 4.12. The molecule has 3 heterocycles. The molecule has 1 aromatic heterocycles. The predicted molar refractivity (Wildman–Crippen MR) is 81.1 cm³/mol. The number of carbonyl (C=O) groups is 1. The Morgan fingerprint density at radius 3 is 2.82 bits per heavy atom. The minimum absolute atomic E-state index is 0.0112. The number of rotatable bonds is 4. The standard InChI is InChI=1S/C16H23N3O3/c20-12-16(21)19-5-1-2-15(19)14-4-3-13(10-17-14)11-18-6-8-22-9-7-18/h3-4,10,15,20H,1-2,5-9,11-12H2/t15-/m1/s1. The number of hydrogen-bond donors (Lipinski definition) is 1. The molecule has 0 aliphatic carbocycles. The number of amides is 1. The van der Waals surface area contributed by atoms with E-state index in [9.17, 15) is 4.79 Å². The van der Waals surface area contributed by atoms with Gasteiger partial charge in [0, 0.05) is 32.4 Å². The van der Waals surface area contributed by atoms with Gasteiger partial charge in [0.15, 0.2) is 0 Å². The Balaban J connectivity index is 1.64. The van der Waals surface area contributed by atoms with Crippen molar-refractivity contribution < 1.29 is 14.6 Å². The predicted octanol–water partition coefficient (Wildman–Crippen LogP) is 0.570. The number of pyridine rings is 1. The van der Waals surface area contributed by atoms with Crippen molar-refractivity contribution in [2.75, 3.05) is 39.5 Å². The Kier molecular flexibility index (Phi) is 5.02. The van der Waals surface area contributed by atoms with Gasteiger partial charge in [-0.2, -0.15) is 0 Å². The van der Waals surface area contributed by atoms with Crippen molar-refractivity contribution in [3.8, 4) is 0 Å². The van der Waals surface area contributed by atoms with Gasteiger partial charge in [-0.05, 0) is 24.5 Å². The maximum absolute atomic E-state index is 11.8. The summed E-state index contributed by atoms with van der Waals surface area (Å²) in [7, 11) is 0. The van der Waals surface area contributed by atoms with Crippen molar-refractivity contribution in [2.24, 2.45) is 0 Å². The molecule has 0 saturated carbocycles. The van der Waals surface area contributed by atoms with Gasteiger partial charge in [0.25, 0.3) is 0 Å². The molecule has 1 atom stereocenters. The molecule has 22 heavy (non-hydrogen) atoms. The Morgan fingerprint density at radius 1 is 1.32 bits per heavy atom. The molecule has 3 rings (SSSR count). The SMILES string of the molecule is O=C(CO)N1CCC[C@@H]1c1ccc(CN2CCOCC2)cn1. The highest BCUT2D eigenvalue weighted by atomic mass is 16.5. The third-order valence-corrected chi connectivity index (χ3v) is 4.41. The van der Waals surface area contributed by atoms with Gasteiger partial charge >= 0.3 is 0 Å². The summed E-state index contributed by atoms with van der Waals surface area (Å²) < 4.78 is 5.35.